The molecule has 142 valence electrons. The number of halogens is 2. The predicted octanol–water partition coefficient (Wildman–Crippen LogP) is 4.38. The van der Waals surface area contributed by atoms with Crippen molar-refractivity contribution < 1.29 is 18.7 Å². The fraction of sp³-hybridized carbons (Fsp3) is 0.611. The molecule has 1 aromatic rings. The summed E-state index contributed by atoms with van der Waals surface area (Å²) in [6, 6.07) is 3.01. The monoisotopic (exact) mass is 418 g/mol. The van der Waals surface area contributed by atoms with Crippen LogP contribution in [-0.2, 0) is 11.3 Å². The largest absolute Gasteiger partial charge is 0.490 e. The molecule has 1 aromatic carbocycles. The average molecular weight is 419 g/mol. The molecule has 0 bridgehead atoms. The number of amides is 1. The Morgan fingerprint density at radius 1 is 1.36 bits per heavy atom. The van der Waals surface area contributed by atoms with E-state index in [1.807, 2.05) is 34.6 Å². The summed E-state index contributed by atoms with van der Waals surface area (Å²) in [6.45, 7) is 11.1. The number of nitrogens with one attached hydrogen (secondary N) is 2. The second kappa shape index (κ2) is 9.97. The highest BCUT2D eigenvalue weighted by Crippen LogP contribution is 2.30. The lowest BCUT2D eigenvalue weighted by Gasteiger charge is -2.21. The molecule has 0 saturated carbocycles. The molecule has 0 unspecified atom stereocenters. The zero-order chi connectivity index (χ0) is 19.0. The van der Waals surface area contributed by atoms with Crippen LogP contribution in [0.5, 0.6) is 5.75 Å². The first-order valence-electron chi connectivity index (χ1n) is 8.45. The Morgan fingerprint density at radius 3 is 2.64 bits per heavy atom. The summed E-state index contributed by atoms with van der Waals surface area (Å²) in [6.07, 6.45) is 0.0132. The number of ether oxygens (including phenoxy) is 2. The van der Waals surface area contributed by atoms with Crippen LogP contribution in [0.1, 0.15) is 46.6 Å². The summed E-state index contributed by atoms with van der Waals surface area (Å²) in [5.74, 6) is 0.304. The number of carbonyl (C=O) groups excluding carboxylic acids is 1. The highest BCUT2D eigenvalue weighted by molar-refractivity contribution is 9.10. The SMILES string of the molecule is CCNCc1c(O[C@@H](C)CCNC(=O)OC(C)(C)C)ccc(F)c1Br. The van der Waals surface area contributed by atoms with Gasteiger partial charge in [0.15, 0.2) is 0 Å². The molecular weight excluding hydrogens is 391 g/mol. The summed E-state index contributed by atoms with van der Waals surface area (Å²) in [7, 11) is 0. The van der Waals surface area contributed by atoms with Crippen LogP contribution in [0.3, 0.4) is 0 Å². The van der Waals surface area contributed by atoms with Gasteiger partial charge in [0.1, 0.15) is 17.2 Å². The third-order valence-electron chi connectivity index (χ3n) is 3.25. The zero-order valence-corrected chi connectivity index (χ0v) is 17.1. The molecule has 1 amide bonds. The molecule has 0 aliphatic heterocycles. The van der Waals surface area contributed by atoms with E-state index in [0.717, 1.165) is 12.1 Å². The van der Waals surface area contributed by atoms with Gasteiger partial charge >= 0.3 is 6.09 Å². The minimum absolute atomic E-state index is 0.146. The van der Waals surface area contributed by atoms with Gasteiger partial charge in [0.2, 0.25) is 0 Å². The molecule has 25 heavy (non-hydrogen) atoms. The minimum atomic E-state index is -0.520. The van der Waals surface area contributed by atoms with Gasteiger partial charge in [-0.15, -0.1) is 0 Å². The van der Waals surface area contributed by atoms with Crippen LogP contribution >= 0.6 is 15.9 Å². The molecule has 0 aliphatic rings. The van der Waals surface area contributed by atoms with Crippen molar-refractivity contribution >= 4 is 22.0 Å². The van der Waals surface area contributed by atoms with Gasteiger partial charge in [-0.3, -0.25) is 0 Å². The van der Waals surface area contributed by atoms with Gasteiger partial charge in [0, 0.05) is 25.1 Å². The van der Waals surface area contributed by atoms with Crippen molar-refractivity contribution in [3.8, 4) is 5.75 Å². The van der Waals surface area contributed by atoms with E-state index in [1.165, 1.54) is 6.07 Å². The summed E-state index contributed by atoms with van der Waals surface area (Å²) >= 11 is 3.28. The van der Waals surface area contributed by atoms with Crippen molar-refractivity contribution in [2.45, 2.75) is 59.3 Å². The molecule has 5 nitrogen and oxygen atoms in total. The van der Waals surface area contributed by atoms with Crippen molar-refractivity contribution in [3.05, 3.63) is 28.0 Å². The van der Waals surface area contributed by atoms with E-state index < -0.39 is 11.7 Å². The molecule has 1 atom stereocenters. The normalized spacial score (nSPS) is 12.6. The first-order valence-corrected chi connectivity index (χ1v) is 9.24. The maximum absolute atomic E-state index is 13.8. The number of benzene rings is 1. The fourth-order valence-electron chi connectivity index (χ4n) is 2.07. The van der Waals surface area contributed by atoms with Crippen molar-refractivity contribution in [3.63, 3.8) is 0 Å². The third-order valence-corrected chi connectivity index (χ3v) is 4.11. The van der Waals surface area contributed by atoms with Gasteiger partial charge in [-0.25, -0.2) is 9.18 Å². The lowest BCUT2D eigenvalue weighted by Crippen LogP contribution is -2.34. The maximum atomic E-state index is 13.8. The number of hydrogen-bond acceptors (Lipinski definition) is 4. The highest BCUT2D eigenvalue weighted by atomic mass is 79.9. The van der Waals surface area contributed by atoms with Crippen LogP contribution in [0.2, 0.25) is 0 Å². The van der Waals surface area contributed by atoms with E-state index in [2.05, 4.69) is 26.6 Å². The van der Waals surface area contributed by atoms with Crippen molar-refractivity contribution in [2.24, 2.45) is 0 Å². The van der Waals surface area contributed by atoms with E-state index in [-0.39, 0.29) is 11.9 Å². The van der Waals surface area contributed by atoms with Crippen LogP contribution < -0.4 is 15.4 Å². The quantitative estimate of drug-likeness (QED) is 0.657. The van der Waals surface area contributed by atoms with E-state index in [0.29, 0.717) is 29.7 Å². The summed E-state index contributed by atoms with van der Waals surface area (Å²) in [5, 5.41) is 5.88. The van der Waals surface area contributed by atoms with Gasteiger partial charge in [-0.05, 0) is 62.3 Å². The fourth-order valence-corrected chi connectivity index (χ4v) is 2.54. The van der Waals surface area contributed by atoms with Crippen LogP contribution in [0.4, 0.5) is 9.18 Å². The van der Waals surface area contributed by atoms with Crippen LogP contribution in [0.25, 0.3) is 0 Å². The van der Waals surface area contributed by atoms with Crippen LogP contribution in [0, 0.1) is 5.82 Å². The van der Waals surface area contributed by atoms with Gasteiger partial charge in [0.05, 0.1) is 10.6 Å². The predicted molar refractivity (Wildman–Crippen MR) is 100 cm³/mol. The Balaban J connectivity index is 2.58. The first-order chi connectivity index (χ1) is 11.6. The van der Waals surface area contributed by atoms with Crippen LogP contribution in [-0.4, -0.2) is 30.9 Å². The lowest BCUT2D eigenvalue weighted by molar-refractivity contribution is 0.0522. The molecule has 1 rings (SSSR count). The van der Waals surface area contributed by atoms with Crippen LogP contribution in [0.15, 0.2) is 16.6 Å². The highest BCUT2D eigenvalue weighted by Gasteiger charge is 2.17. The molecule has 0 radical (unpaired) electrons. The molecule has 0 fully saturated rings. The smallest absolute Gasteiger partial charge is 0.407 e. The Hall–Kier alpha value is -1.34. The molecule has 7 heteroatoms. The van der Waals surface area contributed by atoms with E-state index in [4.69, 9.17) is 9.47 Å². The molecule has 0 heterocycles. The van der Waals surface area contributed by atoms with E-state index in [1.54, 1.807) is 6.07 Å². The standard InChI is InChI=1S/C18H28BrFN2O3/c1-6-21-11-13-15(8-7-14(20)16(13)19)24-12(2)9-10-22-17(23)25-18(3,4)5/h7-8,12,21H,6,9-11H2,1-5H3,(H,22,23)/t12-/m0/s1. The van der Waals surface area contributed by atoms with Crippen molar-refractivity contribution in [2.75, 3.05) is 13.1 Å². The van der Waals surface area contributed by atoms with Gasteiger partial charge < -0.3 is 20.1 Å². The molecule has 0 spiro atoms. The third kappa shape index (κ3) is 8.05. The second-order valence-corrected chi connectivity index (χ2v) is 7.56. The number of alkyl carbamates (subject to hydrolysis) is 1. The number of rotatable bonds is 8. The summed E-state index contributed by atoms with van der Waals surface area (Å²) < 4.78 is 25.3. The lowest BCUT2D eigenvalue weighted by atomic mass is 10.2. The summed E-state index contributed by atoms with van der Waals surface area (Å²) in [4.78, 5) is 11.6. The molecular formula is C18H28BrFN2O3. The summed E-state index contributed by atoms with van der Waals surface area (Å²) in [5.41, 5.74) is 0.224. The van der Waals surface area contributed by atoms with E-state index in [9.17, 15) is 9.18 Å². The topological polar surface area (TPSA) is 59.6 Å². The Labute approximate surface area is 157 Å². The zero-order valence-electron chi connectivity index (χ0n) is 15.5. The molecule has 0 aliphatic carbocycles. The van der Waals surface area contributed by atoms with Crippen molar-refractivity contribution in [1.29, 1.82) is 0 Å². The van der Waals surface area contributed by atoms with Gasteiger partial charge in [-0.1, -0.05) is 6.92 Å². The van der Waals surface area contributed by atoms with E-state index >= 15 is 0 Å². The average Bonchev–Trinajstić information content (AvgIpc) is 2.49. The minimum Gasteiger partial charge on any atom is -0.490 e. The Kier molecular flexibility index (Phi) is 8.65. The number of hydrogen-bond donors (Lipinski definition) is 2. The molecule has 0 saturated heterocycles. The molecule has 0 aromatic heterocycles. The molecule has 2 N–H and O–H groups in total. The second-order valence-electron chi connectivity index (χ2n) is 6.76. The number of carbonyl (C=O) groups is 1. The van der Waals surface area contributed by atoms with Gasteiger partial charge in [-0.2, -0.15) is 0 Å². The maximum Gasteiger partial charge on any atom is 0.407 e. The van der Waals surface area contributed by atoms with Gasteiger partial charge in [0.25, 0.3) is 0 Å². The first kappa shape index (κ1) is 21.7. The van der Waals surface area contributed by atoms with Crippen molar-refractivity contribution in [1.82, 2.24) is 10.6 Å². The Morgan fingerprint density at radius 2 is 2.04 bits per heavy atom. The Bertz CT molecular complexity index is 576.